The van der Waals surface area contributed by atoms with Crippen LogP contribution in [0.1, 0.15) is 20.3 Å². The molecule has 4 nitrogen and oxygen atoms in total. The second-order valence-corrected chi connectivity index (χ2v) is 2.46. The van der Waals surface area contributed by atoms with E-state index in [0.29, 0.717) is 0 Å². The van der Waals surface area contributed by atoms with Crippen LogP contribution in [0, 0.1) is 0 Å². The Morgan fingerprint density at radius 3 is 1.91 bits per heavy atom. The number of hydrogen-bond donors (Lipinski definition) is 2. The molecule has 5 heteroatoms. The maximum absolute atomic E-state index is 10.3. The molecule has 0 fully saturated rings. The number of aliphatic hydroxyl groups is 1. The van der Waals surface area contributed by atoms with Crippen LogP contribution in [0.3, 0.4) is 0 Å². The molecule has 0 aromatic heterocycles. The first-order valence-corrected chi connectivity index (χ1v) is 2.81. The van der Waals surface area contributed by atoms with Gasteiger partial charge in [-0.2, -0.15) is 0 Å². The van der Waals surface area contributed by atoms with E-state index in [-0.39, 0.29) is 24.6 Å². The highest BCUT2D eigenvalue weighted by molar-refractivity contribution is 5.86. The van der Waals surface area contributed by atoms with Crippen LogP contribution >= 0.6 is 12.4 Å². The lowest BCUT2D eigenvalue weighted by Crippen LogP contribution is -2.36. The number of carbonyl (C=O) groups excluding carboxylic acids is 1. The van der Waals surface area contributed by atoms with Crippen molar-refractivity contribution in [2.24, 2.45) is 0 Å². The molecule has 0 spiro atoms. The molecule has 0 rings (SSSR count). The standard InChI is InChI=1S/C6H10O4.ClH/c1-4(7)3-6(2,10)5(8)9;/h10H,3H2,1-2H3,(H,8,9);1H. The Labute approximate surface area is 70.6 Å². The van der Waals surface area contributed by atoms with Gasteiger partial charge in [0.25, 0.3) is 0 Å². The molecule has 1 atom stereocenters. The second-order valence-electron chi connectivity index (χ2n) is 2.46. The maximum atomic E-state index is 10.3. The van der Waals surface area contributed by atoms with Gasteiger partial charge in [-0.1, -0.05) is 0 Å². The number of carbonyl (C=O) groups is 2. The van der Waals surface area contributed by atoms with Gasteiger partial charge in [-0.05, 0) is 13.8 Å². The molecule has 0 radical (unpaired) electrons. The van der Waals surface area contributed by atoms with Crippen molar-refractivity contribution in [2.45, 2.75) is 25.9 Å². The molecule has 0 aliphatic heterocycles. The van der Waals surface area contributed by atoms with E-state index in [2.05, 4.69) is 0 Å². The first-order chi connectivity index (χ1) is 4.36. The molecule has 0 aromatic carbocycles. The zero-order valence-electron chi connectivity index (χ0n) is 6.33. The number of rotatable bonds is 3. The largest absolute Gasteiger partial charge is 0.479 e. The molecule has 0 aliphatic carbocycles. The van der Waals surface area contributed by atoms with Crippen LogP contribution in [0.25, 0.3) is 0 Å². The third-order valence-corrected chi connectivity index (χ3v) is 1.05. The van der Waals surface area contributed by atoms with Gasteiger partial charge in [-0.15, -0.1) is 12.4 Å². The van der Waals surface area contributed by atoms with Gasteiger partial charge in [-0.25, -0.2) is 4.79 Å². The highest BCUT2D eigenvalue weighted by Crippen LogP contribution is 2.08. The molecule has 66 valence electrons. The summed E-state index contributed by atoms with van der Waals surface area (Å²) in [5, 5.41) is 17.2. The zero-order chi connectivity index (χ0) is 8.36. The lowest BCUT2D eigenvalue weighted by molar-refractivity contribution is -0.159. The predicted octanol–water partition coefficient (Wildman–Crippen LogP) is 0.223. The zero-order valence-corrected chi connectivity index (χ0v) is 7.14. The van der Waals surface area contributed by atoms with E-state index < -0.39 is 11.6 Å². The summed E-state index contributed by atoms with van der Waals surface area (Å²) in [5.41, 5.74) is -1.91. The summed E-state index contributed by atoms with van der Waals surface area (Å²) in [6, 6.07) is 0. The van der Waals surface area contributed by atoms with Crippen molar-refractivity contribution in [3.8, 4) is 0 Å². The SMILES string of the molecule is CC(=O)CC(C)(O)C(=O)O.Cl. The van der Waals surface area contributed by atoms with Crippen molar-refractivity contribution in [1.29, 1.82) is 0 Å². The third kappa shape index (κ3) is 4.75. The Hall–Kier alpha value is -0.610. The number of Topliss-reactive ketones (excluding diaryl/α,β-unsaturated/α-hetero) is 1. The van der Waals surface area contributed by atoms with Gasteiger partial charge in [0.2, 0.25) is 0 Å². The highest BCUT2D eigenvalue weighted by Gasteiger charge is 2.30. The topological polar surface area (TPSA) is 74.6 Å². The lowest BCUT2D eigenvalue weighted by Gasteiger charge is -2.14. The van der Waals surface area contributed by atoms with Crippen molar-refractivity contribution >= 4 is 24.2 Å². The molecular weight excluding hydrogens is 172 g/mol. The van der Waals surface area contributed by atoms with Crippen LogP contribution in [0.2, 0.25) is 0 Å². The molecule has 11 heavy (non-hydrogen) atoms. The summed E-state index contributed by atoms with van der Waals surface area (Å²) in [4.78, 5) is 20.5. The summed E-state index contributed by atoms with van der Waals surface area (Å²) in [7, 11) is 0. The minimum atomic E-state index is -1.91. The summed E-state index contributed by atoms with van der Waals surface area (Å²) >= 11 is 0. The molecule has 2 N–H and O–H groups in total. The molecule has 0 aromatic rings. The fourth-order valence-electron chi connectivity index (χ4n) is 0.560. The summed E-state index contributed by atoms with van der Waals surface area (Å²) in [5.74, 6) is -1.71. The Morgan fingerprint density at radius 1 is 1.45 bits per heavy atom. The summed E-state index contributed by atoms with van der Waals surface area (Å²) in [6.07, 6.45) is -0.345. The van der Waals surface area contributed by atoms with Gasteiger partial charge in [0.15, 0.2) is 5.60 Å². The average Bonchev–Trinajstić information content (AvgIpc) is 1.60. The van der Waals surface area contributed by atoms with Crippen molar-refractivity contribution in [2.75, 3.05) is 0 Å². The number of carboxylic acids is 1. The molecule has 0 saturated carbocycles. The van der Waals surface area contributed by atoms with E-state index in [9.17, 15) is 9.59 Å². The van der Waals surface area contributed by atoms with Crippen molar-refractivity contribution in [3.63, 3.8) is 0 Å². The van der Waals surface area contributed by atoms with Gasteiger partial charge in [0.05, 0.1) is 0 Å². The Morgan fingerprint density at radius 2 is 1.82 bits per heavy atom. The van der Waals surface area contributed by atoms with E-state index in [4.69, 9.17) is 10.2 Å². The van der Waals surface area contributed by atoms with Crippen LogP contribution in [0.4, 0.5) is 0 Å². The van der Waals surface area contributed by atoms with Gasteiger partial charge in [0.1, 0.15) is 5.78 Å². The van der Waals surface area contributed by atoms with Gasteiger partial charge < -0.3 is 10.2 Å². The Kier molecular flexibility index (Phi) is 5.09. The van der Waals surface area contributed by atoms with Crippen molar-refractivity contribution in [1.82, 2.24) is 0 Å². The minimum Gasteiger partial charge on any atom is -0.479 e. The van der Waals surface area contributed by atoms with Crippen molar-refractivity contribution in [3.05, 3.63) is 0 Å². The Balaban J connectivity index is 0. The second kappa shape index (κ2) is 4.31. The van der Waals surface area contributed by atoms with Gasteiger partial charge in [0, 0.05) is 6.42 Å². The lowest BCUT2D eigenvalue weighted by atomic mass is 10.0. The molecule has 0 heterocycles. The summed E-state index contributed by atoms with van der Waals surface area (Å²) in [6.45, 7) is 2.33. The molecule has 0 amide bonds. The fourth-order valence-corrected chi connectivity index (χ4v) is 0.560. The van der Waals surface area contributed by atoms with Crippen LogP contribution in [-0.2, 0) is 9.59 Å². The van der Waals surface area contributed by atoms with Crippen LogP contribution in [0.15, 0.2) is 0 Å². The molecule has 0 bridgehead atoms. The quantitative estimate of drug-likeness (QED) is 0.655. The molecule has 0 saturated heterocycles. The molecular formula is C6H11ClO4. The van der Waals surface area contributed by atoms with Crippen molar-refractivity contribution < 1.29 is 19.8 Å². The summed E-state index contributed by atoms with van der Waals surface area (Å²) < 4.78 is 0. The molecule has 1 unspecified atom stereocenters. The van der Waals surface area contributed by atoms with Gasteiger partial charge >= 0.3 is 5.97 Å². The average molecular weight is 183 g/mol. The number of carboxylic acid groups (broad SMARTS) is 1. The number of ketones is 1. The van der Waals surface area contributed by atoms with E-state index in [1.165, 1.54) is 6.92 Å². The number of halogens is 1. The normalized spacial score (nSPS) is 14.5. The predicted molar refractivity (Wildman–Crippen MR) is 40.8 cm³/mol. The number of hydrogen-bond acceptors (Lipinski definition) is 3. The fraction of sp³-hybridized carbons (Fsp3) is 0.667. The van der Waals surface area contributed by atoms with E-state index in [1.807, 2.05) is 0 Å². The highest BCUT2D eigenvalue weighted by atomic mass is 35.5. The van der Waals surface area contributed by atoms with E-state index in [0.717, 1.165) is 6.92 Å². The third-order valence-electron chi connectivity index (χ3n) is 1.05. The smallest absolute Gasteiger partial charge is 0.335 e. The maximum Gasteiger partial charge on any atom is 0.335 e. The molecule has 0 aliphatic rings. The van der Waals surface area contributed by atoms with Crippen LogP contribution < -0.4 is 0 Å². The first kappa shape index (κ1) is 13.0. The Bertz CT molecular complexity index is 164. The number of aliphatic carboxylic acids is 1. The first-order valence-electron chi connectivity index (χ1n) is 2.81. The minimum absolute atomic E-state index is 0. The van der Waals surface area contributed by atoms with E-state index in [1.54, 1.807) is 0 Å². The van der Waals surface area contributed by atoms with Crippen LogP contribution in [0.5, 0.6) is 0 Å². The van der Waals surface area contributed by atoms with Gasteiger partial charge in [-0.3, -0.25) is 4.79 Å². The van der Waals surface area contributed by atoms with E-state index >= 15 is 0 Å². The monoisotopic (exact) mass is 182 g/mol. The van der Waals surface area contributed by atoms with Crippen LogP contribution in [-0.4, -0.2) is 27.6 Å².